The predicted octanol–water partition coefficient (Wildman–Crippen LogP) is 1.48. The Morgan fingerprint density at radius 3 is 2.44 bits per heavy atom. The van der Waals surface area contributed by atoms with E-state index >= 15 is 0 Å². The summed E-state index contributed by atoms with van der Waals surface area (Å²) in [7, 11) is -2.09. The average Bonchev–Trinajstić information content (AvgIpc) is 2.28. The second-order valence-corrected chi connectivity index (χ2v) is 5.80. The third-order valence-electron chi connectivity index (χ3n) is 2.48. The fourth-order valence-corrected chi connectivity index (χ4v) is 2.07. The van der Waals surface area contributed by atoms with Gasteiger partial charge in [0.05, 0.1) is 11.5 Å². The number of primary sulfonamides is 1. The maximum atomic E-state index is 11.3. The summed E-state index contributed by atoms with van der Waals surface area (Å²) in [5.74, 6) is 0.804. The van der Waals surface area contributed by atoms with Crippen molar-refractivity contribution in [3.8, 4) is 5.75 Å². The summed E-state index contributed by atoms with van der Waals surface area (Å²) in [5.41, 5.74) is 0.817. The lowest BCUT2D eigenvalue weighted by atomic mass is 10.0. The molecule has 18 heavy (non-hydrogen) atoms. The third kappa shape index (κ3) is 3.97. The first-order chi connectivity index (χ1) is 8.36. The van der Waals surface area contributed by atoms with E-state index in [2.05, 4.69) is 0 Å². The molecule has 0 fully saturated rings. The summed E-state index contributed by atoms with van der Waals surface area (Å²) in [6.07, 6.45) is 0. The number of ether oxygens (including phenoxy) is 2. The van der Waals surface area contributed by atoms with Crippen LogP contribution in [0.25, 0.3) is 0 Å². The molecule has 2 N–H and O–H groups in total. The molecule has 1 aromatic rings. The Balaban J connectivity index is 3.05. The Labute approximate surface area is 108 Å². The van der Waals surface area contributed by atoms with Gasteiger partial charge in [0.25, 0.3) is 0 Å². The molecule has 102 valence electrons. The van der Waals surface area contributed by atoms with Crippen molar-refractivity contribution in [2.45, 2.75) is 24.7 Å². The van der Waals surface area contributed by atoms with E-state index in [4.69, 9.17) is 14.6 Å². The van der Waals surface area contributed by atoms with E-state index in [1.165, 1.54) is 6.07 Å². The zero-order valence-corrected chi connectivity index (χ0v) is 11.7. The Kier molecular flexibility index (Phi) is 5.13. The van der Waals surface area contributed by atoms with Crippen molar-refractivity contribution >= 4 is 10.0 Å². The van der Waals surface area contributed by atoms with Gasteiger partial charge < -0.3 is 9.47 Å². The number of nitrogens with two attached hydrogens (primary N) is 1. The van der Waals surface area contributed by atoms with E-state index in [1.54, 1.807) is 19.2 Å². The number of rotatable bonds is 6. The molecule has 0 spiro atoms. The minimum absolute atomic E-state index is 0.102. The molecule has 0 saturated heterocycles. The number of hydrogen-bond acceptors (Lipinski definition) is 4. The SMILES string of the molecule is COCCOc1ccc(S(N)(=O)=O)cc1C(C)C. The lowest BCUT2D eigenvalue weighted by molar-refractivity contribution is 0.145. The van der Waals surface area contributed by atoms with Crippen molar-refractivity contribution in [1.29, 1.82) is 0 Å². The van der Waals surface area contributed by atoms with Gasteiger partial charge in [-0.15, -0.1) is 0 Å². The van der Waals surface area contributed by atoms with Gasteiger partial charge in [-0.05, 0) is 29.7 Å². The maximum Gasteiger partial charge on any atom is 0.238 e. The molecule has 1 aromatic carbocycles. The summed E-state index contributed by atoms with van der Waals surface area (Å²) in [6.45, 7) is 4.83. The van der Waals surface area contributed by atoms with Gasteiger partial charge in [0.2, 0.25) is 10.0 Å². The van der Waals surface area contributed by atoms with Crippen molar-refractivity contribution in [1.82, 2.24) is 0 Å². The highest BCUT2D eigenvalue weighted by atomic mass is 32.2. The molecule has 5 nitrogen and oxygen atoms in total. The van der Waals surface area contributed by atoms with Gasteiger partial charge in [-0.2, -0.15) is 0 Å². The maximum absolute atomic E-state index is 11.3. The van der Waals surface area contributed by atoms with Gasteiger partial charge in [0.1, 0.15) is 12.4 Å². The molecular formula is C12H19NO4S. The topological polar surface area (TPSA) is 78.6 Å². The van der Waals surface area contributed by atoms with E-state index < -0.39 is 10.0 Å². The molecule has 0 radical (unpaired) electrons. The van der Waals surface area contributed by atoms with Crippen LogP contribution >= 0.6 is 0 Å². The van der Waals surface area contributed by atoms with Gasteiger partial charge >= 0.3 is 0 Å². The van der Waals surface area contributed by atoms with Crippen LogP contribution in [0.3, 0.4) is 0 Å². The Morgan fingerprint density at radius 1 is 1.28 bits per heavy atom. The monoisotopic (exact) mass is 273 g/mol. The number of sulfonamides is 1. The van der Waals surface area contributed by atoms with Gasteiger partial charge in [-0.3, -0.25) is 0 Å². The summed E-state index contributed by atoms with van der Waals surface area (Å²) < 4.78 is 33.0. The highest BCUT2D eigenvalue weighted by Gasteiger charge is 2.14. The van der Waals surface area contributed by atoms with Crippen LogP contribution in [0.1, 0.15) is 25.3 Å². The van der Waals surface area contributed by atoms with Crippen molar-refractivity contribution in [2.75, 3.05) is 20.3 Å². The van der Waals surface area contributed by atoms with Crippen LogP contribution < -0.4 is 9.88 Å². The highest BCUT2D eigenvalue weighted by Crippen LogP contribution is 2.28. The molecule has 1 rings (SSSR count). The summed E-state index contributed by atoms with van der Waals surface area (Å²) in [4.78, 5) is 0.102. The Bertz CT molecular complexity index is 497. The fourth-order valence-electron chi connectivity index (χ4n) is 1.52. The van der Waals surface area contributed by atoms with E-state index in [-0.39, 0.29) is 10.8 Å². The first-order valence-corrected chi connectivity index (χ1v) is 7.19. The van der Waals surface area contributed by atoms with E-state index in [1.807, 2.05) is 13.8 Å². The summed E-state index contributed by atoms with van der Waals surface area (Å²) in [6, 6.07) is 4.64. The normalized spacial score (nSPS) is 11.8. The third-order valence-corrected chi connectivity index (χ3v) is 3.39. The van der Waals surface area contributed by atoms with E-state index in [9.17, 15) is 8.42 Å². The summed E-state index contributed by atoms with van der Waals surface area (Å²) in [5, 5.41) is 5.11. The number of hydrogen-bond donors (Lipinski definition) is 1. The van der Waals surface area contributed by atoms with Crippen LogP contribution in [0.15, 0.2) is 23.1 Å². The molecule has 0 aliphatic heterocycles. The largest absolute Gasteiger partial charge is 0.491 e. The molecule has 0 aromatic heterocycles. The molecule has 0 atom stereocenters. The van der Waals surface area contributed by atoms with Crippen LogP contribution in [0.4, 0.5) is 0 Å². The molecule has 0 aliphatic rings. The van der Waals surface area contributed by atoms with Gasteiger partial charge in [-0.1, -0.05) is 13.8 Å². The van der Waals surface area contributed by atoms with Crippen molar-refractivity contribution in [2.24, 2.45) is 5.14 Å². The highest BCUT2D eigenvalue weighted by molar-refractivity contribution is 7.89. The Hall–Kier alpha value is -1.11. The fraction of sp³-hybridized carbons (Fsp3) is 0.500. The lowest BCUT2D eigenvalue weighted by Gasteiger charge is -2.15. The lowest BCUT2D eigenvalue weighted by Crippen LogP contribution is -2.13. The smallest absolute Gasteiger partial charge is 0.238 e. The van der Waals surface area contributed by atoms with Crippen LogP contribution in [0.2, 0.25) is 0 Å². The second kappa shape index (κ2) is 6.17. The van der Waals surface area contributed by atoms with Crippen LogP contribution in [0.5, 0.6) is 5.75 Å². The second-order valence-electron chi connectivity index (χ2n) is 4.24. The predicted molar refractivity (Wildman–Crippen MR) is 69.3 cm³/mol. The molecule has 0 aliphatic carbocycles. The van der Waals surface area contributed by atoms with Crippen molar-refractivity contribution < 1.29 is 17.9 Å². The first kappa shape index (κ1) is 14.9. The van der Waals surface area contributed by atoms with E-state index in [0.29, 0.717) is 19.0 Å². The zero-order chi connectivity index (χ0) is 13.8. The van der Waals surface area contributed by atoms with Crippen LogP contribution in [-0.2, 0) is 14.8 Å². The van der Waals surface area contributed by atoms with Crippen molar-refractivity contribution in [3.63, 3.8) is 0 Å². The van der Waals surface area contributed by atoms with Crippen LogP contribution in [-0.4, -0.2) is 28.7 Å². The minimum atomic E-state index is -3.68. The minimum Gasteiger partial charge on any atom is -0.491 e. The molecule has 0 heterocycles. The quantitative estimate of drug-likeness (QED) is 0.796. The molecular weight excluding hydrogens is 254 g/mol. The van der Waals surface area contributed by atoms with Crippen LogP contribution in [0, 0.1) is 0 Å². The van der Waals surface area contributed by atoms with Crippen molar-refractivity contribution in [3.05, 3.63) is 23.8 Å². The van der Waals surface area contributed by atoms with Gasteiger partial charge in [0, 0.05) is 7.11 Å². The van der Waals surface area contributed by atoms with E-state index in [0.717, 1.165) is 5.56 Å². The molecule has 0 amide bonds. The number of methoxy groups -OCH3 is 1. The molecule has 0 unspecified atom stereocenters. The first-order valence-electron chi connectivity index (χ1n) is 5.64. The Morgan fingerprint density at radius 2 is 1.94 bits per heavy atom. The van der Waals surface area contributed by atoms with Gasteiger partial charge in [-0.25, -0.2) is 13.6 Å². The molecule has 6 heteroatoms. The average molecular weight is 273 g/mol. The zero-order valence-electron chi connectivity index (χ0n) is 10.8. The number of benzene rings is 1. The molecule has 0 saturated carbocycles. The van der Waals surface area contributed by atoms with Gasteiger partial charge in [0.15, 0.2) is 0 Å². The molecule has 0 bridgehead atoms. The standard InChI is InChI=1S/C12H19NO4S/c1-9(2)11-8-10(18(13,14)15)4-5-12(11)17-7-6-16-3/h4-5,8-9H,6-7H2,1-3H3,(H2,13,14,15). The summed E-state index contributed by atoms with van der Waals surface area (Å²) >= 11 is 0.